The SMILES string of the molecule is CCC(Cc1c(I)cc(I)c(N)c1I)C(=O)OCC(COC(=O)C(CC)Cc1c(I)cc(I)c(N)c1I)OC(=O)/C=C/C(=O)O[C@H]1CC[C@@]2(C)C(=CC[C@H]3[C@@H]4CC[C@H]([C@H](C)CCCC(C)C)[C@@]4(C)CC[C@@H]32)C1. The Kier molecular flexibility index (Phi) is 23.0. The minimum absolute atomic E-state index is 0.112. The smallest absolute Gasteiger partial charge is 0.331 e. The molecule has 2 aromatic rings. The summed E-state index contributed by atoms with van der Waals surface area (Å²) in [4.78, 5) is 54.1. The normalized spacial score (nSPS) is 26.4. The summed E-state index contributed by atoms with van der Waals surface area (Å²) >= 11 is 13.4. The van der Waals surface area contributed by atoms with E-state index in [1.807, 2.05) is 26.0 Å². The first kappa shape index (κ1) is 61.0. The van der Waals surface area contributed by atoms with Gasteiger partial charge in [-0.3, -0.25) is 9.59 Å². The van der Waals surface area contributed by atoms with Crippen LogP contribution in [-0.4, -0.2) is 49.3 Å². The number of hydrogen-bond acceptors (Lipinski definition) is 10. The number of carbonyl (C=O) groups excluding carboxylic acids is 4. The zero-order valence-corrected chi connectivity index (χ0v) is 55.8. The fourth-order valence-electron chi connectivity index (χ4n) is 13.0. The molecule has 0 aromatic heterocycles. The van der Waals surface area contributed by atoms with Gasteiger partial charge in [0.15, 0.2) is 6.10 Å². The van der Waals surface area contributed by atoms with Crippen LogP contribution in [0.5, 0.6) is 0 Å². The number of anilines is 2. The molecule has 3 fully saturated rings. The first-order chi connectivity index (χ1) is 34.0. The molecule has 2 aromatic carbocycles. The number of esters is 4. The number of carbonyl (C=O) groups is 4. The summed E-state index contributed by atoms with van der Waals surface area (Å²) in [5, 5.41) is 0. The number of ether oxygens (including phenoxy) is 4. The molecular formula is C56H74I6N2O8. The van der Waals surface area contributed by atoms with Gasteiger partial charge in [0.2, 0.25) is 0 Å². The molecule has 4 N–H and O–H groups in total. The van der Waals surface area contributed by atoms with E-state index in [2.05, 4.69) is 176 Å². The molecular weight excluding hydrogens is 1590 g/mol. The zero-order chi connectivity index (χ0) is 52.8. The van der Waals surface area contributed by atoms with Crippen LogP contribution in [-0.2, 0) is 51.0 Å². The highest BCUT2D eigenvalue weighted by atomic mass is 127. The van der Waals surface area contributed by atoms with Gasteiger partial charge in [0, 0.05) is 40.0 Å². The van der Waals surface area contributed by atoms with Gasteiger partial charge in [-0.2, -0.15) is 0 Å². The molecule has 0 saturated heterocycles. The van der Waals surface area contributed by atoms with Gasteiger partial charge in [0.1, 0.15) is 19.3 Å². The first-order valence-corrected chi connectivity index (χ1v) is 32.5. The van der Waals surface area contributed by atoms with Crippen molar-refractivity contribution in [3.8, 4) is 0 Å². The molecule has 72 heavy (non-hydrogen) atoms. The third-order valence-corrected chi connectivity index (χ3v) is 23.3. The molecule has 4 aliphatic carbocycles. The minimum atomic E-state index is -1.14. The van der Waals surface area contributed by atoms with Crippen LogP contribution in [0.3, 0.4) is 0 Å². The Balaban J connectivity index is 1.08. The van der Waals surface area contributed by atoms with E-state index in [0.717, 1.165) is 87.6 Å². The minimum Gasteiger partial charge on any atom is -0.461 e. The average molecular weight is 1660 g/mol. The molecule has 0 radical (unpaired) electrons. The molecule has 0 bridgehead atoms. The zero-order valence-electron chi connectivity index (χ0n) is 42.9. The second-order valence-electron chi connectivity index (χ2n) is 22.0. The van der Waals surface area contributed by atoms with Gasteiger partial charge in [0.25, 0.3) is 0 Å². The highest BCUT2D eigenvalue weighted by Crippen LogP contribution is 2.67. The van der Waals surface area contributed by atoms with Gasteiger partial charge >= 0.3 is 23.9 Å². The molecule has 0 amide bonds. The highest BCUT2D eigenvalue weighted by molar-refractivity contribution is 14.1. The lowest BCUT2D eigenvalue weighted by Gasteiger charge is -2.58. The lowest BCUT2D eigenvalue weighted by atomic mass is 9.47. The van der Waals surface area contributed by atoms with Crippen LogP contribution in [0.1, 0.15) is 143 Å². The number of rotatable bonds is 21. The van der Waals surface area contributed by atoms with Crippen LogP contribution >= 0.6 is 136 Å². The van der Waals surface area contributed by atoms with Crippen LogP contribution in [0.15, 0.2) is 35.9 Å². The summed E-state index contributed by atoms with van der Waals surface area (Å²) in [5.74, 6) is 1.10. The molecule has 0 aliphatic heterocycles. The fourth-order valence-corrected chi connectivity index (χ4v) is 20.6. The van der Waals surface area contributed by atoms with Crippen molar-refractivity contribution in [1.82, 2.24) is 0 Å². The van der Waals surface area contributed by atoms with Crippen molar-refractivity contribution in [1.29, 1.82) is 0 Å². The van der Waals surface area contributed by atoms with Crippen molar-refractivity contribution >= 4 is 171 Å². The maximum Gasteiger partial charge on any atom is 0.331 e. The molecule has 10 nitrogen and oxygen atoms in total. The lowest BCUT2D eigenvalue weighted by Crippen LogP contribution is -2.51. The fraction of sp³-hybridized carbons (Fsp3) is 0.643. The Morgan fingerprint density at radius 1 is 0.722 bits per heavy atom. The van der Waals surface area contributed by atoms with Crippen molar-refractivity contribution in [2.45, 2.75) is 157 Å². The van der Waals surface area contributed by atoms with Crippen LogP contribution in [0.2, 0.25) is 0 Å². The third-order valence-electron chi connectivity index (χ3n) is 17.2. The van der Waals surface area contributed by atoms with Crippen LogP contribution in [0.4, 0.5) is 11.4 Å². The molecule has 0 heterocycles. The van der Waals surface area contributed by atoms with Crippen molar-refractivity contribution in [3.05, 3.63) is 68.5 Å². The van der Waals surface area contributed by atoms with Crippen molar-refractivity contribution < 1.29 is 38.1 Å². The molecule has 2 unspecified atom stereocenters. The number of nitrogen functional groups attached to an aromatic ring is 2. The molecule has 10 atom stereocenters. The Morgan fingerprint density at radius 2 is 1.28 bits per heavy atom. The summed E-state index contributed by atoms with van der Waals surface area (Å²) in [6.07, 6.45) is 17.9. The monoisotopic (exact) mass is 1660 g/mol. The van der Waals surface area contributed by atoms with E-state index in [0.29, 0.717) is 60.7 Å². The lowest BCUT2D eigenvalue weighted by molar-refractivity contribution is -0.167. The summed E-state index contributed by atoms with van der Waals surface area (Å²) in [7, 11) is 0. The number of hydrogen-bond donors (Lipinski definition) is 2. The average Bonchev–Trinajstić information content (AvgIpc) is 3.70. The van der Waals surface area contributed by atoms with E-state index in [-0.39, 0.29) is 24.7 Å². The predicted octanol–water partition coefficient (Wildman–Crippen LogP) is 14.8. The summed E-state index contributed by atoms with van der Waals surface area (Å²) < 4.78 is 29.1. The standard InChI is InChI=1S/C56H74I6N2O8/c1-8-32(23-38-43(57)26-45(59)51(63)49(38)61)53(67)69-28-36(29-70-54(68)33(9-2)24-39-44(58)27-46(60)52(64)50(39)62)72-48(66)18-17-47(65)71-35-19-21-55(6)34(25-35)13-14-37-41-16-15-40(31(5)12-10-11-30(3)4)56(41,7)22-20-42(37)55/h13,17-18,26-27,30-33,35-37,40-42H,8-12,14-16,19-25,28-29,63-64H2,1-7H3/b18-17+/t31-,32?,33?,35+,36?,37+,40-,41+,42+,55+,56-/m1/s1. The van der Waals surface area contributed by atoms with E-state index in [9.17, 15) is 19.2 Å². The van der Waals surface area contributed by atoms with Crippen molar-refractivity contribution in [2.24, 2.45) is 58.2 Å². The van der Waals surface area contributed by atoms with E-state index < -0.39 is 41.8 Å². The first-order valence-electron chi connectivity index (χ1n) is 26.0. The third kappa shape index (κ3) is 14.5. The molecule has 0 spiro atoms. The van der Waals surface area contributed by atoms with E-state index in [4.69, 9.17) is 30.4 Å². The van der Waals surface area contributed by atoms with E-state index in [1.165, 1.54) is 50.5 Å². The summed E-state index contributed by atoms with van der Waals surface area (Å²) in [6, 6.07) is 3.99. The van der Waals surface area contributed by atoms with Gasteiger partial charge in [-0.25, -0.2) is 9.59 Å². The Bertz CT molecular complexity index is 2290. The number of fused-ring (bicyclic) bond motifs is 5. The quantitative estimate of drug-likeness (QED) is 0.0308. The maximum atomic E-state index is 13.7. The molecule has 398 valence electrons. The van der Waals surface area contributed by atoms with Gasteiger partial charge in [0.05, 0.1) is 23.2 Å². The molecule has 16 heteroatoms. The van der Waals surface area contributed by atoms with Crippen molar-refractivity contribution in [3.63, 3.8) is 0 Å². The van der Waals surface area contributed by atoms with Gasteiger partial charge < -0.3 is 30.4 Å². The Morgan fingerprint density at radius 3 is 1.82 bits per heavy atom. The number of halogens is 6. The molecule has 6 rings (SSSR count). The number of nitrogens with two attached hydrogens (primary N) is 2. The topological polar surface area (TPSA) is 157 Å². The van der Waals surface area contributed by atoms with Crippen LogP contribution in [0.25, 0.3) is 0 Å². The largest absolute Gasteiger partial charge is 0.461 e. The Hall–Kier alpha value is -0.220. The maximum absolute atomic E-state index is 13.7. The van der Waals surface area contributed by atoms with Gasteiger partial charge in [-0.1, -0.05) is 79.4 Å². The second-order valence-corrected chi connectivity index (χ2v) is 28.8. The van der Waals surface area contributed by atoms with Crippen LogP contribution < -0.4 is 11.5 Å². The van der Waals surface area contributed by atoms with Gasteiger partial charge in [-0.05, 0) is 276 Å². The molecule has 4 aliphatic rings. The highest BCUT2D eigenvalue weighted by Gasteiger charge is 2.59. The Labute approximate surface area is 510 Å². The molecule has 3 saturated carbocycles. The van der Waals surface area contributed by atoms with E-state index in [1.54, 1.807) is 0 Å². The van der Waals surface area contributed by atoms with Crippen LogP contribution in [0, 0.1) is 79.6 Å². The number of benzene rings is 2. The van der Waals surface area contributed by atoms with Crippen molar-refractivity contribution in [2.75, 3.05) is 24.7 Å². The predicted molar refractivity (Wildman–Crippen MR) is 337 cm³/mol. The summed E-state index contributed by atoms with van der Waals surface area (Å²) in [5.41, 5.74) is 18.0. The summed E-state index contributed by atoms with van der Waals surface area (Å²) in [6.45, 7) is 15.4. The van der Waals surface area contributed by atoms with E-state index >= 15 is 0 Å². The second kappa shape index (κ2) is 27.1. The number of allylic oxidation sites excluding steroid dienone is 1. The van der Waals surface area contributed by atoms with Gasteiger partial charge in [-0.15, -0.1) is 0 Å².